The predicted molar refractivity (Wildman–Crippen MR) is 101 cm³/mol. The number of hydrogen-bond donors (Lipinski definition) is 2. The minimum atomic E-state index is -0.0918. The average molecular weight is 364 g/mol. The Morgan fingerprint density at radius 2 is 1.85 bits per heavy atom. The Hall–Kier alpha value is -1.60. The van der Waals surface area contributed by atoms with Crippen LogP contribution in [-0.4, -0.2) is 59.1 Å². The second kappa shape index (κ2) is 8.39. The zero-order chi connectivity index (χ0) is 18.6. The minimum absolute atomic E-state index is 0.0918. The van der Waals surface area contributed by atoms with Gasteiger partial charge in [-0.15, -0.1) is 0 Å². The fourth-order valence-electron chi connectivity index (χ4n) is 4.40. The second-order valence-corrected chi connectivity index (χ2v) is 7.69. The van der Waals surface area contributed by atoms with E-state index in [1.807, 2.05) is 25.6 Å². The van der Waals surface area contributed by atoms with Crippen molar-refractivity contribution in [3.63, 3.8) is 0 Å². The van der Waals surface area contributed by atoms with Crippen LogP contribution < -0.4 is 10.6 Å². The molecule has 1 saturated carbocycles. The first-order chi connectivity index (χ1) is 12.5. The Labute approximate surface area is 156 Å². The standard InChI is InChI=1S/C19H33N5O2/c1-15-17(16(2)23(3)22-15)13-20-18(25)21-14-19(7-5-4-6-8-19)24-9-11-26-12-10-24/h4-14H2,1-3H3,(H2,20,21,25). The molecule has 0 atom stereocenters. The largest absolute Gasteiger partial charge is 0.379 e. The molecule has 146 valence electrons. The van der Waals surface area contributed by atoms with E-state index in [0.717, 1.165) is 56.1 Å². The number of amides is 2. The molecular formula is C19H33N5O2. The summed E-state index contributed by atoms with van der Waals surface area (Å²) in [6, 6.07) is -0.0918. The van der Waals surface area contributed by atoms with E-state index in [0.29, 0.717) is 13.1 Å². The van der Waals surface area contributed by atoms with Gasteiger partial charge in [-0.05, 0) is 26.7 Å². The monoisotopic (exact) mass is 363 g/mol. The summed E-state index contributed by atoms with van der Waals surface area (Å²) in [5.41, 5.74) is 3.27. The first kappa shape index (κ1) is 19.2. The maximum Gasteiger partial charge on any atom is 0.315 e. The quantitative estimate of drug-likeness (QED) is 0.838. The summed E-state index contributed by atoms with van der Waals surface area (Å²) in [5, 5.41) is 10.6. The highest BCUT2D eigenvalue weighted by atomic mass is 16.5. The van der Waals surface area contributed by atoms with Crippen molar-refractivity contribution >= 4 is 6.03 Å². The number of morpholine rings is 1. The van der Waals surface area contributed by atoms with E-state index >= 15 is 0 Å². The molecule has 2 aliphatic rings. The lowest BCUT2D eigenvalue weighted by Crippen LogP contribution is -2.60. The molecule has 26 heavy (non-hydrogen) atoms. The molecule has 7 nitrogen and oxygen atoms in total. The summed E-state index contributed by atoms with van der Waals surface area (Å²) in [4.78, 5) is 15.0. The maximum atomic E-state index is 12.4. The van der Waals surface area contributed by atoms with Crippen LogP contribution >= 0.6 is 0 Å². The number of carbonyl (C=O) groups excluding carboxylic acids is 1. The zero-order valence-corrected chi connectivity index (χ0v) is 16.4. The Morgan fingerprint density at radius 1 is 1.15 bits per heavy atom. The molecule has 1 saturated heterocycles. The SMILES string of the molecule is Cc1nn(C)c(C)c1CNC(=O)NCC1(N2CCOCC2)CCCCC1. The zero-order valence-electron chi connectivity index (χ0n) is 16.4. The van der Waals surface area contributed by atoms with E-state index < -0.39 is 0 Å². The summed E-state index contributed by atoms with van der Waals surface area (Å²) < 4.78 is 7.38. The van der Waals surface area contributed by atoms with Gasteiger partial charge in [0.2, 0.25) is 0 Å². The number of nitrogens with one attached hydrogen (secondary N) is 2. The Balaban J connectivity index is 1.55. The molecule has 1 aromatic rings. The Morgan fingerprint density at radius 3 is 2.46 bits per heavy atom. The highest BCUT2D eigenvalue weighted by Gasteiger charge is 2.38. The van der Waals surface area contributed by atoms with Crippen molar-refractivity contribution in [2.45, 2.75) is 58.0 Å². The van der Waals surface area contributed by atoms with Crippen molar-refractivity contribution in [1.82, 2.24) is 25.3 Å². The smallest absolute Gasteiger partial charge is 0.315 e. The van der Waals surface area contributed by atoms with Gasteiger partial charge in [0, 0.05) is 50.0 Å². The number of carbonyl (C=O) groups is 1. The van der Waals surface area contributed by atoms with E-state index in [-0.39, 0.29) is 11.6 Å². The lowest BCUT2D eigenvalue weighted by Gasteiger charge is -2.48. The van der Waals surface area contributed by atoms with Crippen LogP contribution in [0.2, 0.25) is 0 Å². The fourth-order valence-corrected chi connectivity index (χ4v) is 4.40. The van der Waals surface area contributed by atoms with Crippen molar-refractivity contribution in [3.8, 4) is 0 Å². The Bertz CT molecular complexity index is 616. The predicted octanol–water partition coefficient (Wildman–Crippen LogP) is 1.87. The molecule has 2 fully saturated rings. The Kier molecular flexibility index (Phi) is 6.19. The van der Waals surface area contributed by atoms with Crippen LogP contribution in [-0.2, 0) is 18.3 Å². The maximum absolute atomic E-state index is 12.4. The van der Waals surface area contributed by atoms with Gasteiger partial charge in [0.1, 0.15) is 0 Å². The summed E-state index contributed by atoms with van der Waals surface area (Å²) in [6.07, 6.45) is 6.11. The molecule has 2 N–H and O–H groups in total. The molecule has 7 heteroatoms. The third-order valence-electron chi connectivity index (χ3n) is 6.13. The molecular weight excluding hydrogens is 330 g/mol. The number of urea groups is 1. The van der Waals surface area contributed by atoms with Gasteiger partial charge in [-0.25, -0.2) is 4.79 Å². The van der Waals surface area contributed by atoms with Crippen LogP contribution in [0.15, 0.2) is 0 Å². The normalized spacial score (nSPS) is 20.7. The van der Waals surface area contributed by atoms with Crippen molar-refractivity contribution in [3.05, 3.63) is 17.0 Å². The average Bonchev–Trinajstić information content (AvgIpc) is 2.91. The van der Waals surface area contributed by atoms with E-state index in [4.69, 9.17) is 4.74 Å². The molecule has 3 rings (SSSR count). The molecule has 2 amide bonds. The van der Waals surface area contributed by atoms with Crippen LogP contribution in [0, 0.1) is 13.8 Å². The van der Waals surface area contributed by atoms with Crippen LogP contribution in [0.1, 0.15) is 49.1 Å². The van der Waals surface area contributed by atoms with Gasteiger partial charge in [0.25, 0.3) is 0 Å². The summed E-state index contributed by atoms with van der Waals surface area (Å²) in [7, 11) is 1.93. The number of aromatic nitrogens is 2. The molecule has 1 aliphatic carbocycles. The molecule has 0 spiro atoms. The van der Waals surface area contributed by atoms with Crippen LogP contribution in [0.3, 0.4) is 0 Å². The van der Waals surface area contributed by atoms with Gasteiger partial charge >= 0.3 is 6.03 Å². The van der Waals surface area contributed by atoms with Crippen molar-refractivity contribution in [2.24, 2.45) is 7.05 Å². The van der Waals surface area contributed by atoms with E-state index in [1.165, 1.54) is 19.3 Å². The molecule has 0 radical (unpaired) electrons. The lowest BCUT2D eigenvalue weighted by molar-refractivity contribution is -0.0357. The third-order valence-corrected chi connectivity index (χ3v) is 6.13. The molecule has 1 aliphatic heterocycles. The molecule has 2 heterocycles. The van der Waals surface area contributed by atoms with Crippen molar-refractivity contribution in [2.75, 3.05) is 32.8 Å². The van der Waals surface area contributed by atoms with Gasteiger partial charge in [-0.3, -0.25) is 9.58 Å². The number of rotatable bonds is 5. The number of nitrogens with zero attached hydrogens (tertiary/aromatic N) is 3. The molecule has 0 unspecified atom stereocenters. The van der Waals surface area contributed by atoms with Crippen molar-refractivity contribution < 1.29 is 9.53 Å². The summed E-state index contributed by atoms with van der Waals surface area (Å²) >= 11 is 0. The van der Waals surface area contributed by atoms with Gasteiger partial charge in [0.15, 0.2) is 0 Å². The van der Waals surface area contributed by atoms with E-state index in [9.17, 15) is 4.79 Å². The summed E-state index contributed by atoms with van der Waals surface area (Å²) in [5.74, 6) is 0. The van der Waals surface area contributed by atoms with Gasteiger partial charge < -0.3 is 15.4 Å². The first-order valence-corrected chi connectivity index (χ1v) is 9.85. The van der Waals surface area contributed by atoms with Crippen LogP contribution in [0.25, 0.3) is 0 Å². The fraction of sp³-hybridized carbons (Fsp3) is 0.789. The number of ether oxygens (including phenoxy) is 1. The topological polar surface area (TPSA) is 71.4 Å². The van der Waals surface area contributed by atoms with Gasteiger partial charge in [0.05, 0.1) is 18.9 Å². The van der Waals surface area contributed by atoms with Gasteiger partial charge in [-0.1, -0.05) is 19.3 Å². The highest BCUT2D eigenvalue weighted by molar-refractivity contribution is 5.74. The second-order valence-electron chi connectivity index (χ2n) is 7.69. The molecule has 0 bridgehead atoms. The number of hydrogen-bond acceptors (Lipinski definition) is 4. The van der Waals surface area contributed by atoms with E-state index in [1.54, 1.807) is 0 Å². The van der Waals surface area contributed by atoms with E-state index in [2.05, 4.69) is 20.6 Å². The van der Waals surface area contributed by atoms with Gasteiger partial charge in [-0.2, -0.15) is 5.10 Å². The highest BCUT2D eigenvalue weighted by Crippen LogP contribution is 2.33. The third kappa shape index (κ3) is 4.20. The minimum Gasteiger partial charge on any atom is -0.379 e. The molecule has 0 aromatic carbocycles. The van der Waals surface area contributed by atoms with Crippen molar-refractivity contribution in [1.29, 1.82) is 0 Å². The first-order valence-electron chi connectivity index (χ1n) is 9.85. The lowest BCUT2D eigenvalue weighted by atomic mass is 9.80. The number of aryl methyl sites for hydroxylation is 2. The summed E-state index contributed by atoms with van der Waals surface area (Å²) in [6.45, 7) is 8.78. The molecule has 1 aromatic heterocycles. The van der Waals surface area contributed by atoms with Crippen LogP contribution in [0.5, 0.6) is 0 Å². The van der Waals surface area contributed by atoms with Crippen LogP contribution in [0.4, 0.5) is 4.79 Å².